The summed E-state index contributed by atoms with van der Waals surface area (Å²) in [6.45, 7) is 2.89. The van der Waals surface area contributed by atoms with Crippen molar-refractivity contribution < 1.29 is 23.8 Å². The Balaban J connectivity index is 1.38. The van der Waals surface area contributed by atoms with E-state index in [1.54, 1.807) is 18.2 Å². The van der Waals surface area contributed by atoms with E-state index >= 15 is 0 Å². The number of esters is 1. The molecule has 5 nitrogen and oxygen atoms in total. The van der Waals surface area contributed by atoms with Gasteiger partial charge in [-0.1, -0.05) is 13.3 Å². The van der Waals surface area contributed by atoms with E-state index in [0.717, 1.165) is 12.8 Å². The fraction of sp³-hybridized carbons (Fsp3) is 0.429. The van der Waals surface area contributed by atoms with Gasteiger partial charge in [0.05, 0.1) is 0 Å². The molecule has 0 saturated heterocycles. The van der Waals surface area contributed by atoms with Crippen molar-refractivity contribution in [3.63, 3.8) is 0 Å². The van der Waals surface area contributed by atoms with Crippen molar-refractivity contribution in [1.29, 1.82) is 0 Å². The SMILES string of the molecule is CC[C@@H]1CCc2sc(C(=O)OCC(=O)c3ccc4c(c3)OCCO4)cc2C1. The highest BCUT2D eigenvalue weighted by atomic mass is 32.1. The van der Waals surface area contributed by atoms with Gasteiger partial charge in [0.15, 0.2) is 23.9 Å². The molecule has 27 heavy (non-hydrogen) atoms. The average Bonchev–Trinajstić information content (AvgIpc) is 3.14. The molecule has 0 spiro atoms. The lowest BCUT2D eigenvalue weighted by Gasteiger charge is -2.19. The lowest BCUT2D eigenvalue weighted by molar-refractivity contribution is 0.0479. The lowest BCUT2D eigenvalue weighted by Crippen LogP contribution is -2.17. The number of thiophene rings is 1. The number of aryl methyl sites for hydroxylation is 1. The number of Topliss-reactive ketones (excluding diaryl/α,β-unsaturated/α-hetero) is 1. The van der Waals surface area contributed by atoms with Crippen molar-refractivity contribution in [1.82, 2.24) is 0 Å². The van der Waals surface area contributed by atoms with Gasteiger partial charge in [0.1, 0.15) is 18.1 Å². The van der Waals surface area contributed by atoms with Crippen LogP contribution in [0.25, 0.3) is 0 Å². The second kappa shape index (κ2) is 7.72. The van der Waals surface area contributed by atoms with E-state index in [-0.39, 0.29) is 12.4 Å². The molecular formula is C21H22O5S. The summed E-state index contributed by atoms with van der Waals surface area (Å²) >= 11 is 1.50. The third-order valence-electron chi connectivity index (χ3n) is 5.16. The number of rotatable bonds is 5. The van der Waals surface area contributed by atoms with E-state index in [9.17, 15) is 9.59 Å². The summed E-state index contributed by atoms with van der Waals surface area (Å²) < 4.78 is 16.2. The normalized spacial score (nSPS) is 17.9. The number of benzene rings is 1. The molecule has 2 heterocycles. The smallest absolute Gasteiger partial charge is 0.348 e. The number of carbonyl (C=O) groups excluding carboxylic acids is 2. The van der Waals surface area contributed by atoms with Crippen LogP contribution < -0.4 is 9.47 Å². The van der Waals surface area contributed by atoms with Crippen molar-refractivity contribution >= 4 is 23.1 Å². The third kappa shape index (κ3) is 3.86. The molecule has 1 aromatic carbocycles. The number of hydrogen-bond donors (Lipinski definition) is 0. The second-order valence-electron chi connectivity index (χ2n) is 6.93. The summed E-state index contributed by atoms with van der Waals surface area (Å²) in [7, 11) is 0. The molecule has 1 aliphatic carbocycles. The Morgan fingerprint density at radius 2 is 2.00 bits per heavy atom. The molecule has 0 unspecified atom stereocenters. The fourth-order valence-corrected chi connectivity index (χ4v) is 4.65. The van der Waals surface area contributed by atoms with E-state index < -0.39 is 5.97 Å². The van der Waals surface area contributed by atoms with Gasteiger partial charge >= 0.3 is 5.97 Å². The Kier molecular flexibility index (Phi) is 5.16. The molecule has 0 bridgehead atoms. The highest BCUT2D eigenvalue weighted by Gasteiger charge is 2.23. The molecule has 0 saturated carbocycles. The molecule has 1 atom stereocenters. The standard InChI is InChI=1S/C21H22O5S/c1-2-13-3-6-19-15(9-13)11-20(27-19)21(23)26-12-16(22)14-4-5-17-18(10-14)25-8-7-24-17/h4-5,10-11,13H,2-3,6-9,12H2,1H3/t13-/m1/s1. The van der Waals surface area contributed by atoms with E-state index in [4.69, 9.17) is 14.2 Å². The molecule has 0 radical (unpaired) electrons. The number of ketones is 1. The Morgan fingerprint density at radius 3 is 2.81 bits per heavy atom. The van der Waals surface area contributed by atoms with Gasteiger partial charge < -0.3 is 14.2 Å². The molecule has 2 aromatic rings. The van der Waals surface area contributed by atoms with Crippen LogP contribution in [-0.4, -0.2) is 31.6 Å². The molecule has 1 aromatic heterocycles. The molecule has 6 heteroatoms. The molecule has 4 rings (SSSR count). The molecule has 142 valence electrons. The molecule has 1 aliphatic heterocycles. The quantitative estimate of drug-likeness (QED) is 0.572. The molecular weight excluding hydrogens is 364 g/mol. The summed E-state index contributed by atoms with van der Waals surface area (Å²) in [4.78, 5) is 26.6. The van der Waals surface area contributed by atoms with Gasteiger partial charge in [-0.3, -0.25) is 4.79 Å². The van der Waals surface area contributed by atoms with Gasteiger partial charge in [0, 0.05) is 10.4 Å². The van der Waals surface area contributed by atoms with Crippen molar-refractivity contribution in [3.8, 4) is 11.5 Å². The Morgan fingerprint density at radius 1 is 1.19 bits per heavy atom. The van der Waals surface area contributed by atoms with Crippen LogP contribution in [0.4, 0.5) is 0 Å². The van der Waals surface area contributed by atoms with Crippen molar-refractivity contribution in [2.45, 2.75) is 32.6 Å². The van der Waals surface area contributed by atoms with E-state index in [0.29, 0.717) is 41.1 Å². The Labute approximate surface area is 162 Å². The minimum absolute atomic E-state index is 0.257. The van der Waals surface area contributed by atoms with Gasteiger partial charge in [-0.05, 0) is 55.0 Å². The van der Waals surface area contributed by atoms with Crippen molar-refractivity contribution in [2.24, 2.45) is 5.92 Å². The molecule has 2 aliphatic rings. The second-order valence-corrected chi connectivity index (χ2v) is 8.07. The predicted octanol–water partition coefficient (Wildman–Crippen LogP) is 4.07. The van der Waals surface area contributed by atoms with Gasteiger partial charge in [-0.25, -0.2) is 4.79 Å². The van der Waals surface area contributed by atoms with Crippen LogP contribution in [0.15, 0.2) is 24.3 Å². The zero-order valence-electron chi connectivity index (χ0n) is 15.3. The first-order valence-electron chi connectivity index (χ1n) is 9.35. The zero-order chi connectivity index (χ0) is 18.8. The first kappa shape index (κ1) is 18.0. The zero-order valence-corrected chi connectivity index (χ0v) is 16.1. The number of hydrogen-bond acceptors (Lipinski definition) is 6. The maximum atomic E-state index is 12.4. The van der Waals surface area contributed by atoms with Crippen LogP contribution in [0.5, 0.6) is 11.5 Å². The minimum Gasteiger partial charge on any atom is -0.486 e. The summed E-state index contributed by atoms with van der Waals surface area (Å²) in [6.07, 6.45) is 4.41. The van der Waals surface area contributed by atoms with Gasteiger partial charge in [0.25, 0.3) is 0 Å². The van der Waals surface area contributed by atoms with Crippen LogP contribution in [0.3, 0.4) is 0 Å². The summed E-state index contributed by atoms with van der Waals surface area (Å²) in [5, 5.41) is 0. The molecule has 0 amide bonds. The number of carbonyl (C=O) groups is 2. The van der Waals surface area contributed by atoms with Crippen LogP contribution in [0.2, 0.25) is 0 Å². The number of fused-ring (bicyclic) bond motifs is 2. The first-order valence-corrected chi connectivity index (χ1v) is 10.2. The Bertz CT molecular complexity index is 869. The predicted molar refractivity (Wildman–Crippen MR) is 102 cm³/mol. The van der Waals surface area contributed by atoms with Gasteiger partial charge in [-0.2, -0.15) is 0 Å². The van der Waals surface area contributed by atoms with E-state index in [2.05, 4.69) is 6.92 Å². The highest BCUT2D eigenvalue weighted by molar-refractivity contribution is 7.14. The minimum atomic E-state index is -0.423. The monoisotopic (exact) mass is 386 g/mol. The van der Waals surface area contributed by atoms with Crippen molar-refractivity contribution in [2.75, 3.05) is 19.8 Å². The summed E-state index contributed by atoms with van der Waals surface area (Å²) in [5.74, 6) is 1.20. The summed E-state index contributed by atoms with van der Waals surface area (Å²) in [5.41, 5.74) is 1.71. The Hall–Kier alpha value is -2.34. The van der Waals surface area contributed by atoms with E-state index in [1.165, 1.54) is 34.6 Å². The third-order valence-corrected chi connectivity index (χ3v) is 6.38. The highest BCUT2D eigenvalue weighted by Crippen LogP contribution is 2.34. The lowest BCUT2D eigenvalue weighted by atomic mass is 9.87. The molecule has 0 N–H and O–H groups in total. The largest absolute Gasteiger partial charge is 0.486 e. The summed E-state index contributed by atoms with van der Waals surface area (Å²) in [6, 6.07) is 6.96. The fourth-order valence-electron chi connectivity index (χ4n) is 3.55. The van der Waals surface area contributed by atoms with Crippen LogP contribution in [-0.2, 0) is 17.6 Å². The van der Waals surface area contributed by atoms with Gasteiger partial charge in [-0.15, -0.1) is 11.3 Å². The van der Waals surface area contributed by atoms with Gasteiger partial charge in [0.2, 0.25) is 0 Å². The van der Waals surface area contributed by atoms with Crippen LogP contribution >= 0.6 is 11.3 Å². The average molecular weight is 386 g/mol. The maximum Gasteiger partial charge on any atom is 0.348 e. The topological polar surface area (TPSA) is 61.8 Å². The first-order chi connectivity index (χ1) is 13.1. The maximum absolute atomic E-state index is 12.4. The van der Waals surface area contributed by atoms with Crippen LogP contribution in [0.1, 0.15) is 50.2 Å². The van der Waals surface area contributed by atoms with Crippen molar-refractivity contribution in [3.05, 3.63) is 45.1 Å². The number of ether oxygens (including phenoxy) is 3. The van der Waals surface area contributed by atoms with E-state index in [1.807, 2.05) is 6.07 Å². The molecule has 0 fully saturated rings. The van der Waals surface area contributed by atoms with Crippen LogP contribution in [0, 0.1) is 5.92 Å².